The fourth-order valence-corrected chi connectivity index (χ4v) is 5.25. The summed E-state index contributed by atoms with van der Waals surface area (Å²) in [6, 6.07) is 5.54. The number of aryl methyl sites for hydroxylation is 1. The minimum atomic E-state index is -0.870. The van der Waals surface area contributed by atoms with Crippen LogP contribution in [0.2, 0.25) is 5.02 Å². The average Bonchev–Trinajstić information content (AvgIpc) is 3.25. The van der Waals surface area contributed by atoms with Crippen LogP contribution in [-0.4, -0.2) is 31.6 Å². The van der Waals surface area contributed by atoms with E-state index in [2.05, 4.69) is 21.2 Å². The number of piperidine rings is 1. The van der Waals surface area contributed by atoms with Crippen molar-refractivity contribution in [3.63, 3.8) is 0 Å². The lowest BCUT2D eigenvalue weighted by Gasteiger charge is -2.40. The van der Waals surface area contributed by atoms with E-state index >= 15 is 0 Å². The third kappa shape index (κ3) is 3.01. The van der Waals surface area contributed by atoms with Gasteiger partial charge in [0, 0.05) is 43.0 Å². The molecule has 5 rings (SSSR count). The van der Waals surface area contributed by atoms with Gasteiger partial charge in [0.1, 0.15) is 16.5 Å². The molecule has 6 nitrogen and oxygen atoms in total. The van der Waals surface area contributed by atoms with Gasteiger partial charge in [-0.15, -0.1) is 0 Å². The van der Waals surface area contributed by atoms with Crippen LogP contribution in [0.4, 0.5) is 14.5 Å². The zero-order valence-electron chi connectivity index (χ0n) is 16.3. The van der Waals surface area contributed by atoms with E-state index in [1.54, 1.807) is 0 Å². The molecule has 0 spiro atoms. The zero-order valence-corrected chi connectivity index (χ0v) is 17.1. The minimum Gasteiger partial charge on any atom is -0.363 e. The Kier molecular flexibility index (Phi) is 4.61. The van der Waals surface area contributed by atoms with E-state index in [9.17, 15) is 13.6 Å². The first kappa shape index (κ1) is 19.2. The Balaban J connectivity index is 1.48. The summed E-state index contributed by atoms with van der Waals surface area (Å²) in [7, 11) is 1.96. The van der Waals surface area contributed by atoms with Crippen molar-refractivity contribution in [1.29, 1.82) is 0 Å². The van der Waals surface area contributed by atoms with E-state index < -0.39 is 17.2 Å². The summed E-state index contributed by atoms with van der Waals surface area (Å²) in [5, 5.41) is 8.45. The summed E-state index contributed by atoms with van der Waals surface area (Å²) >= 11 is 6.46. The first-order valence-corrected chi connectivity index (χ1v) is 10.3. The highest BCUT2D eigenvalue weighted by Gasteiger charge is 2.43. The molecule has 9 heteroatoms. The monoisotopic (exact) mass is 431 g/mol. The van der Waals surface area contributed by atoms with Gasteiger partial charge in [0.2, 0.25) is 0 Å². The van der Waals surface area contributed by atoms with Gasteiger partial charge < -0.3 is 4.90 Å². The van der Waals surface area contributed by atoms with Gasteiger partial charge in [0.15, 0.2) is 5.82 Å². The molecular formula is C21H20ClF2N5O. The van der Waals surface area contributed by atoms with Crippen molar-refractivity contribution >= 4 is 17.3 Å². The molecule has 0 N–H and O–H groups in total. The van der Waals surface area contributed by atoms with Gasteiger partial charge in [-0.3, -0.25) is 9.48 Å². The van der Waals surface area contributed by atoms with E-state index in [-0.39, 0.29) is 22.8 Å². The van der Waals surface area contributed by atoms with Crippen molar-refractivity contribution < 1.29 is 8.78 Å². The molecule has 156 valence electrons. The second-order valence-electron chi connectivity index (χ2n) is 8.00. The van der Waals surface area contributed by atoms with Crippen LogP contribution in [0, 0.1) is 11.6 Å². The molecule has 0 aliphatic carbocycles. The van der Waals surface area contributed by atoms with Gasteiger partial charge in [-0.05, 0) is 43.9 Å². The number of fused-ring (bicyclic) bond motifs is 2. The summed E-state index contributed by atoms with van der Waals surface area (Å²) in [6.45, 7) is 0. The van der Waals surface area contributed by atoms with Crippen LogP contribution in [0.5, 0.6) is 0 Å². The van der Waals surface area contributed by atoms with E-state index in [1.165, 1.54) is 18.0 Å². The van der Waals surface area contributed by atoms with Gasteiger partial charge in [-0.25, -0.2) is 8.78 Å². The Morgan fingerprint density at radius 2 is 1.80 bits per heavy atom. The molecule has 2 unspecified atom stereocenters. The van der Waals surface area contributed by atoms with Crippen LogP contribution in [0.1, 0.15) is 37.3 Å². The van der Waals surface area contributed by atoms with Gasteiger partial charge in [-0.1, -0.05) is 11.6 Å². The van der Waals surface area contributed by atoms with E-state index in [1.807, 2.05) is 17.9 Å². The lowest BCUT2D eigenvalue weighted by atomic mass is 9.88. The van der Waals surface area contributed by atoms with Crippen LogP contribution in [0.3, 0.4) is 0 Å². The Morgan fingerprint density at radius 1 is 1.07 bits per heavy atom. The largest absolute Gasteiger partial charge is 0.363 e. The lowest BCUT2D eigenvalue weighted by Crippen LogP contribution is -2.43. The van der Waals surface area contributed by atoms with Crippen molar-refractivity contribution in [3.8, 4) is 5.69 Å². The number of aromatic nitrogens is 4. The third-order valence-electron chi connectivity index (χ3n) is 6.33. The maximum absolute atomic E-state index is 14.1. The van der Waals surface area contributed by atoms with Crippen LogP contribution >= 0.6 is 11.6 Å². The fraction of sp³-hybridized carbons (Fsp3) is 0.381. The summed E-state index contributed by atoms with van der Waals surface area (Å²) in [5.41, 5.74) is 1.05. The summed E-state index contributed by atoms with van der Waals surface area (Å²) in [5.74, 6) is -1.18. The molecule has 2 saturated heterocycles. The quantitative estimate of drug-likeness (QED) is 0.632. The van der Waals surface area contributed by atoms with Gasteiger partial charge in [-0.2, -0.15) is 14.9 Å². The third-order valence-corrected chi connectivity index (χ3v) is 6.68. The molecule has 2 aliphatic rings. The second kappa shape index (κ2) is 7.19. The van der Waals surface area contributed by atoms with Crippen molar-refractivity contribution in [2.45, 2.75) is 43.7 Å². The topological polar surface area (TPSA) is 56.0 Å². The number of halogens is 3. The van der Waals surface area contributed by atoms with E-state index in [0.717, 1.165) is 36.4 Å². The fourth-order valence-electron chi connectivity index (χ4n) is 5.03. The van der Waals surface area contributed by atoms with Crippen LogP contribution in [0.15, 0.2) is 41.5 Å². The number of anilines is 1. The molecule has 4 heterocycles. The van der Waals surface area contributed by atoms with Crippen LogP contribution in [0.25, 0.3) is 5.69 Å². The molecule has 0 radical (unpaired) electrons. The van der Waals surface area contributed by atoms with Crippen molar-refractivity contribution in [1.82, 2.24) is 19.6 Å². The molecular weight excluding hydrogens is 412 g/mol. The number of benzene rings is 1. The molecule has 2 aliphatic heterocycles. The minimum absolute atomic E-state index is 0.00427. The maximum atomic E-state index is 14.1. The number of rotatable bonds is 3. The Morgan fingerprint density at radius 3 is 2.43 bits per heavy atom. The Hall–Kier alpha value is -2.74. The van der Waals surface area contributed by atoms with Gasteiger partial charge in [0.05, 0.1) is 11.9 Å². The summed E-state index contributed by atoms with van der Waals surface area (Å²) in [4.78, 5) is 15.1. The predicted octanol–water partition coefficient (Wildman–Crippen LogP) is 3.81. The molecule has 2 atom stereocenters. The normalized spacial score (nSPS) is 23.2. The lowest BCUT2D eigenvalue weighted by molar-refractivity contribution is 0.399. The Bertz CT molecular complexity index is 1160. The van der Waals surface area contributed by atoms with E-state index in [4.69, 9.17) is 11.6 Å². The smallest absolute Gasteiger partial charge is 0.292 e. The highest BCUT2D eigenvalue weighted by Crippen LogP contribution is 2.46. The summed E-state index contributed by atoms with van der Waals surface area (Å²) in [6.07, 6.45) is 7.26. The Labute approximate surface area is 176 Å². The van der Waals surface area contributed by atoms with Crippen molar-refractivity contribution in [2.24, 2.45) is 7.05 Å². The van der Waals surface area contributed by atoms with Crippen LogP contribution < -0.4 is 10.5 Å². The first-order valence-electron chi connectivity index (χ1n) is 9.93. The van der Waals surface area contributed by atoms with E-state index in [0.29, 0.717) is 17.7 Å². The van der Waals surface area contributed by atoms with Gasteiger partial charge >= 0.3 is 0 Å². The van der Waals surface area contributed by atoms with Crippen molar-refractivity contribution in [2.75, 3.05) is 4.90 Å². The highest BCUT2D eigenvalue weighted by molar-refractivity contribution is 6.33. The van der Waals surface area contributed by atoms with Crippen LogP contribution in [-0.2, 0) is 7.05 Å². The predicted molar refractivity (Wildman–Crippen MR) is 109 cm³/mol. The zero-order chi connectivity index (χ0) is 21.0. The standard InChI is InChI=1S/C21H20ClF2N5O/c1-27-17(6-7-25-27)12-8-14-3-4-15(9-12)28(14)19-11-26-29(21(30)20(19)22)18-5-2-13(23)10-16(18)24/h2,5-7,10-12,14-15H,3-4,8-9H2,1H3. The second-order valence-corrected chi connectivity index (χ2v) is 8.37. The molecule has 2 aromatic heterocycles. The molecule has 3 aromatic rings. The first-order chi connectivity index (χ1) is 14.4. The SMILES string of the molecule is Cn1nccc1C1CC2CCC(C1)N2c1cnn(-c2ccc(F)cc2F)c(=O)c1Cl. The average molecular weight is 432 g/mol. The molecule has 0 amide bonds. The molecule has 1 aromatic carbocycles. The number of hydrogen-bond donors (Lipinski definition) is 0. The number of hydrogen-bond acceptors (Lipinski definition) is 4. The van der Waals surface area contributed by atoms with Gasteiger partial charge in [0.25, 0.3) is 5.56 Å². The molecule has 2 fully saturated rings. The van der Waals surface area contributed by atoms with Crippen molar-refractivity contribution in [3.05, 3.63) is 69.4 Å². The molecule has 30 heavy (non-hydrogen) atoms. The molecule has 0 saturated carbocycles. The highest BCUT2D eigenvalue weighted by atomic mass is 35.5. The molecule has 2 bridgehead atoms. The summed E-state index contributed by atoms with van der Waals surface area (Å²) < 4.78 is 30.2. The maximum Gasteiger partial charge on any atom is 0.292 e. The number of nitrogens with zero attached hydrogens (tertiary/aromatic N) is 5.